The summed E-state index contributed by atoms with van der Waals surface area (Å²) in [5.41, 5.74) is 6.15. The van der Waals surface area contributed by atoms with Crippen molar-refractivity contribution in [1.29, 1.82) is 0 Å². The van der Waals surface area contributed by atoms with E-state index in [1.807, 2.05) is 0 Å². The van der Waals surface area contributed by atoms with Crippen molar-refractivity contribution in [3.63, 3.8) is 0 Å². The average molecular weight is 185 g/mol. The van der Waals surface area contributed by atoms with Crippen molar-refractivity contribution in [2.75, 3.05) is 7.11 Å². The van der Waals surface area contributed by atoms with Gasteiger partial charge < -0.3 is 10.5 Å². The highest BCUT2D eigenvalue weighted by Gasteiger charge is 2.23. The summed E-state index contributed by atoms with van der Waals surface area (Å²) in [4.78, 5) is 0. The molecule has 1 rings (SSSR count). The second kappa shape index (κ2) is 5.61. The molecule has 2 heteroatoms. The molecule has 0 spiro atoms. The molecule has 1 saturated carbocycles. The first-order chi connectivity index (χ1) is 6.25. The summed E-state index contributed by atoms with van der Waals surface area (Å²) >= 11 is 0. The van der Waals surface area contributed by atoms with Crippen LogP contribution in [0.2, 0.25) is 0 Å². The molecular formula is C11H23NO. The summed E-state index contributed by atoms with van der Waals surface area (Å²) < 4.78 is 5.28. The third-order valence-electron chi connectivity index (χ3n) is 3.36. The van der Waals surface area contributed by atoms with E-state index in [1.165, 1.54) is 38.5 Å². The average Bonchev–Trinajstić information content (AvgIpc) is 2.43. The highest BCUT2D eigenvalue weighted by Crippen LogP contribution is 2.26. The molecule has 0 aromatic carbocycles. The Hall–Kier alpha value is -0.0800. The zero-order valence-electron chi connectivity index (χ0n) is 8.96. The quantitative estimate of drug-likeness (QED) is 0.685. The van der Waals surface area contributed by atoms with Gasteiger partial charge in [-0.2, -0.15) is 0 Å². The Labute approximate surface area is 81.8 Å². The minimum atomic E-state index is 0.211. The Bertz CT molecular complexity index is 130. The minimum Gasteiger partial charge on any atom is -0.380 e. The van der Waals surface area contributed by atoms with Gasteiger partial charge in [0.15, 0.2) is 0 Å². The zero-order chi connectivity index (χ0) is 9.68. The molecule has 0 amide bonds. The van der Waals surface area contributed by atoms with Crippen LogP contribution in [0.25, 0.3) is 0 Å². The number of nitrogens with two attached hydrogens (primary N) is 1. The van der Waals surface area contributed by atoms with Crippen LogP contribution >= 0.6 is 0 Å². The minimum absolute atomic E-state index is 0.211. The number of hydrogen-bond acceptors (Lipinski definition) is 2. The molecule has 1 aliphatic rings. The summed E-state index contributed by atoms with van der Waals surface area (Å²) in [5.74, 6) is 0.692. The second-order valence-electron chi connectivity index (χ2n) is 4.27. The molecular weight excluding hydrogens is 162 g/mol. The van der Waals surface area contributed by atoms with Gasteiger partial charge in [-0.1, -0.05) is 25.7 Å². The SMILES string of the molecule is COC(C)C(N)C1CCCCCC1. The van der Waals surface area contributed by atoms with E-state index in [0.29, 0.717) is 5.92 Å². The maximum Gasteiger partial charge on any atom is 0.0696 e. The molecule has 2 unspecified atom stereocenters. The standard InChI is InChI=1S/C11H23NO/c1-9(13-2)11(12)10-7-5-3-4-6-8-10/h9-11H,3-8,12H2,1-2H3. The fourth-order valence-electron chi connectivity index (χ4n) is 2.24. The summed E-state index contributed by atoms with van der Waals surface area (Å²) in [5, 5.41) is 0. The fraction of sp³-hybridized carbons (Fsp3) is 1.00. The van der Waals surface area contributed by atoms with E-state index >= 15 is 0 Å². The van der Waals surface area contributed by atoms with Crippen LogP contribution in [-0.4, -0.2) is 19.3 Å². The lowest BCUT2D eigenvalue weighted by atomic mass is 9.89. The van der Waals surface area contributed by atoms with Crippen LogP contribution in [0.3, 0.4) is 0 Å². The number of rotatable bonds is 3. The molecule has 0 saturated heterocycles. The molecule has 0 radical (unpaired) electrons. The van der Waals surface area contributed by atoms with Crippen LogP contribution in [-0.2, 0) is 4.74 Å². The van der Waals surface area contributed by atoms with Gasteiger partial charge in [-0.3, -0.25) is 0 Å². The third kappa shape index (κ3) is 3.28. The lowest BCUT2D eigenvalue weighted by molar-refractivity contribution is 0.0727. The van der Waals surface area contributed by atoms with Crippen LogP contribution in [0.15, 0.2) is 0 Å². The van der Waals surface area contributed by atoms with E-state index < -0.39 is 0 Å². The van der Waals surface area contributed by atoms with Crippen molar-refractivity contribution in [2.24, 2.45) is 11.7 Å². The van der Waals surface area contributed by atoms with Crippen LogP contribution in [0.5, 0.6) is 0 Å². The van der Waals surface area contributed by atoms with Crippen molar-refractivity contribution in [2.45, 2.75) is 57.6 Å². The van der Waals surface area contributed by atoms with E-state index in [1.54, 1.807) is 7.11 Å². The van der Waals surface area contributed by atoms with E-state index in [0.717, 1.165) is 0 Å². The third-order valence-corrected chi connectivity index (χ3v) is 3.36. The van der Waals surface area contributed by atoms with E-state index in [4.69, 9.17) is 10.5 Å². The summed E-state index contributed by atoms with van der Waals surface area (Å²) in [6.07, 6.45) is 8.31. The van der Waals surface area contributed by atoms with Crippen molar-refractivity contribution in [1.82, 2.24) is 0 Å². The molecule has 0 aromatic heterocycles. The summed E-state index contributed by atoms with van der Waals surface area (Å²) in [6.45, 7) is 2.08. The molecule has 0 bridgehead atoms. The molecule has 0 aromatic rings. The predicted octanol–water partition coefficient (Wildman–Crippen LogP) is 2.32. The second-order valence-corrected chi connectivity index (χ2v) is 4.27. The first-order valence-electron chi connectivity index (χ1n) is 5.54. The van der Waals surface area contributed by atoms with Crippen LogP contribution in [0, 0.1) is 5.92 Å². The van der Waals surface area contributed by atoms with E-state index in [2.05, 4.69) is 6.92 Å². The van der Waals surface area contributed by atoms with E-state index in [9.17, 15) is 0 Å². The highest BCUT2D eigenvalue weighted by atomic mass is 16.5. The molecule has 1 aliphatic carbocycles. The van der Waals surface area contributed by atoms with Gasteiger partial charge in [-0.05, 0) is 25.7 Å². The molecule has 0 heterocycles. The van der Waals surface area contributed by atoms with Crippen molar-refractivity contribution in [3.05, 3.63) is 0 Å². The van der Waals surface area contributed by atoms with Gasteiger partial charge in [0.05, 0.1) is 6.10 Å². The number of ether oxygens (including phenoxy) is 1. The topological polar surface area (TPSA) is 35.2 Å². The van der Waals surface area contributed by atoms with Gasteiger partial charge in [0.2, 0.25) is 0 Å². The first-order valence-corrected chi connectivity index (χ1v) is 5.54. The van der Waals surface area contributed by atoms with Crippen molar-refractivity contribution >= 4 is 0 Å². The Morgan fingerprint density at radius 2 is 1.69 bits per heavy atom. The lowest BCUT2D eigenvalue weighted by Crippen LogP contribution is -2.40. The summed E-state index contributed by atoms with van der Waals surface area (Å²) in [6, 6.07) is 0.239. The van der Waals surface area contributed by atoms with Crippen molar-refractivity contribution in [3.8, 4) is 0 Å². The molecule has 2 atom stereocenters. The fourth-order valence-corrected chi connectivity index (χ4v) is 2.24. The first kappa shape index (κ1) is 11.0. The monoisotopic (exact) mass is 185 g/mol. The van der Waals surface area contributed by atoms with Gasteiger partial charge in [0, 0.05) is 13.2 Å². The van der Waals surface area contributed by atoms with Crippen LogP contribution in [0.4, 0.5) is 0 Å². The normalized spacial score (nSPS) is 25.2. The molecule has 0 aliphatic heterocycles. The smallest absolute Gasteiger partial charge is 0.0696 e. The number of methoxy groups -OCH3 is 1. The largest absolute Gasteiger partial charge is 0.380 e. The predicted molar refractivity (Wildman–Crippen MR) is 55.6 cm³/mol. The molecule has 13 heavy (non-hydrogen) atoms. The van der Waals surface area contributed by atoms with Crippen molar-refractivity contribution < 1.29 is 4.74 Å². The molecule has 2 nitrogen and oxygen atoms in total. The molecule has 78 valence electrons. The Morgan fingerprint density at radius 3 is 2.15 bits per heavy atom. The Morgan fingerprint density at radius 1 is 1.15 bits per heavy atom. The van der Waals surface area contributed by atoms with Crippen LogP contribution < -0.4 is 5.73 Å². The maximum atomic E-state index is 6.15. The Balaban J connectivity index is 2.38. The van der Waals surface area contributed by atoms with Gasteiger partial charge in [-0.15, -0.1) is 0 Å². The van der Waals surface area contributed by atoms with E-state index in [-0.39, 0.29) is 12.1 Å². The van der Waals surface area contributed by atoms with Gasteiger partial charge in [0.25, 0.3) is 0 Å². The maximum absolute atomic E-state index is 6.15. The lowest BCUT2D eigenvalue weighted by Gasteiger charge is -2.26. The zero-order valence-corrected chi connectivity index (χ0v) is 8.96. The van der Waals surface area contributed by atoms with Crippen LogP contribution in [0.1, 0.15) is 45.4 Å². The highest BCUT2D eigenvalue weighted by molar-refractivity contribution is 4.79. The summed E-state index contributed by atoms with van der Waals surface area (Å²) in [7, 11) is 1.75. The van der Waals surface area contributed by atoms with Gasteiger partial charge in [0.1, 0.15) is 0 Å². The molecule has 1 fully saturated rings. The molecule has 2 N–H and O–H groups in total. The Kier molecular flexibility index (Phi) is 4.74. The van der Waals surface area contributed by atoms with Gasteiger partial charge in [-0.25, -0.2) is 0 Å². The number of hydrogen-bond donors (Lipinski definition) is 1. The van der Waals surface area contributed by atoms with Gasteiger partial charge >= 0.3 is 0 Å².